The summed E-state index contributed by atoms with van der Waals surface area (Å²) in [7, 11) is 1.69. The van der Waals surface area contributed by atoms with Crippen LogP contribution in [0.4, 0.5) is 0 Å². The molecule has 0 bridgehead atoms. The number of rotatable bonds is 3. The van der Waals surface area contributed by atoms with E-state index in [1.54, 1.807) is 7.11 Å². The molecule has 18 heavy (non-hydrogen) atoms. The average Bonchev–Trinajstić information content (AvgIpc) is 2.64. The molecule has 0 atom stereocenters. The maximum Gasteiger partial charge on any atom is 0.118 e. The summed E-state index contributed by atoms with van der Waals surface area (Å²) in [6, 6.07) is 8.10. The summed E-state index contributed by atoms with van der Waals surface area (Å²) in [6.45, 7) is 6.55. The molecule has 1 heterocycles. The van der Waals surface area contributed by atoms with Crippen molar-refractivity contribution in [3.05, 3.63) is 50.7 Å². The van der Waals surface area contributed by atoms with Crippen molar-refractivity contribution in [3.8, 4) is 5.75 Å². The highest BCUT2D eigenvalue weighted by Crippen LogP contribution is 2.28. The first kappa shape index (κ1) is 12.9. The van der Waals surface area contributed by atoms with E-state index in [1.807, 2.05) is 23.5 Å². The molecular weight excluding hydrogens is 240 g/mol. The number of hydrogen-bond acceptors (Lipinski definition) is 2. The van der Waals surface area contributed by atoms with Crippen LogP contribution in [0.2, 0.25) is 0 Å². The number of ether oxygens (including phenoxy) is 1. The molecule has 0 saturated heterocycles. The smallest absolute Gasteiger partial charge is 0.118 e. The van der Waals surface area contributed by atoms with E-state index >= 15 is 0 Å². The van der Waals surface area contributed by atoms with Crippen LogP contribution in [0.25, 0.3) is 12.2 Å². The molecule has 0 aliphatic rings. The molecule has 2 heteroatoms. The minimum Gasteiger partial charge on any atom is -0.497 e. The van der Waals surface area contributed by atoms with Crippen molar-refractivity contribution >= 4 is 23.5 Å². The molecule has 0 radical (unpaired) electrons. The zero-order valence-corrected chi connectivity index (χ0v) is 12.1. The van der Waals surface area contributed by atoms with Crippen LogP contribution in [-0.4, -0.2) is 7.11 Å². The Morgan fingerprint density at radius 1 is 0.944 bits per heavy atom. The van der Waals surface area contributed by atoms with Crippen LogP contribution >= 0.6 is 11.3 Å². The van der Waals surface area contributed by atoms with Crippen molar-refractivity contribution in [1.82, 2.24) is 0 Å². The summed E-state index contributed by atoms with van der Waals surface area (Å²) in [5.74, 6) is 0.895. The SMILES string of the molecule is COc1ccc(C=Cc2sc(C)c(C)c2C)cc1. The summed E-state index contributed by atoms with van der Waals surface area (Å²) in [5.41, 5.74) is 4.00. The number of hydrogen-bond donors (Lipinski definition) is 0. The largest absolute Gasteiger partial charge is 0.497 e. The molecule has 0 aliphatic carbocycles. The molecule has 0 fully saturated rings. The molecule has 0 unspecified atom stereocenters. The lowest BCUT2D eigenvalue weighted by Gasteiger charge is -1.99. The average molecular weight is 258 g/mol. The summed E-state index contributed by atoms with van der Waals surface area (Å²) in [5, 5.41) is 0. The minimum atomic E-state index is 0.895. The highest BCUT2D eigenvalue weighted by molar-refractivity contribution is 7.13. The van der Waals surface area contributed by atoms with Gasteiger partial charge in [0.15, 0.2) is 0 Å². The minimum absolute atomic E-state index is 0.895. The van der Waals surface area contributed by atoms with Crippen molar-refractivity contribution in [3.63, 3.8) is 0 Å². The Bertz CT molecular complexity index is 562. The second-order valence-electron chi connectivity index (χ2n) is 4.38. The summed E-state index contributed by atoms with van der Waals surface area (Å²) in [4.78, 5) is 2.75. The van der Waals surface area contributed by atoms with Gasteiger partial charge >= 0.3 is 0 Å². The Balaban J connectivity index is 2.21. The van der Waals surface area contributed by atoms with Gasteiger partial charge in [-0.2, -0.15) is 0 Å². The van der Waals surface area contributed by atoms with Crippen molar-refractivity contribution in [1.29, 1.82) is 0 Å². The van der Waals surface area contributed by atoms with Gasteiger partial charge in [-0.1, -0.05) is 18.2 Å². The van der Waals surface area contributed by atoms with Crippen LogP contribution in [0.15, 0.2) is 24.3 Å². The number of aryl methyl sites for hydroxylation is 1. The second kappa shape index (κ2) is 5.40. The lowest BCUT2D eigenvalue weighted by atomic mass is 10.1. The third kappa shape index (κ3) is 2.65. The molecule has 1 nitrogen and oxygen atoms in total. The van der Waals surface area contributed by atoms with Gasteiger partial charge in [-0.3, -0.25) is 0 Å². The van der Waals surface area contributed by atoms with Gasteiger partial charge in [-0.05, 0) is 55.7 Å². The maximum absolute atomic E-state index is 5.15. The molecular formula is C16H18OS. The fraction of sp³-hybridized carbons (Fsp3) is 0.250. The van der Waals surface area contributed by atoms with Crippen LogP contribution < -0.4 is 4.74 Å². The summed E-state index contributed by atoms with van der Waals surface area (Å²) < 4.78 is 5.15. The second-order valence-corrected chi connectivity index (χ2v) is 5.64. The van der Waals surface area contributed by atoms with Gasteiger partial charge in [0.2, 0.25) is 0 Å². The van der Waals surface area contributed by atoms with Gasteiger partial charge < -0.3 is 4.74 Å². The Hall–Kier alpha value is -1.54. The van der Waals surface area contributed by atoms with Crippen LogP contribution in [-0.2, 0) is 0 Å². The Labute approximate surface area is 113 Å². The van der Waals surface area contributed by atoms with E-state index in [2.05, 4.69) is 45.1 Å². The van der Waals surface area contributed by atoms with Gasteiger partial charge in [0, 0.05) is 9.75 Å². The van der Waals surface area contributed by atoms with E-state index in [-0.39, 0.29) is 0 Å². The van der Waals surface area contributed by atoms with Crippen LogP contribution in [0.3, 0.4) is 0 Å². The van der Waals surface area contributed by atoms with Crippen molar-refractivity contribution in [2.24, 2.45) is 0 Å². The Morgan fingerprint density at radius 2 is 1.61 bits per heavy atom. The van der Waals surface area contributed by atoms with Crippen molar-refractivity contribution < 1.29 is 4.74 Å². The van der Waals surface area contributed by atoms with Crippen molar-refractivity contribution in [2.75, 3.05) is 7.11 Å². The molecule has 2 rings (SSSR count). The molecule has 0 aliphatic heterocycles. The van der Waals surface area contributed by atoms with Gasteiger partial charge in [0.1, 0.15) is 5.75 Å². The lowest BCUT2D eigenvalue weighted by Crippen LogP contribution is -1.81. The summed E-state index contributed by atoms with van der Waals surface area (Å²) >= 11 is 1.86. The van der Waals surface area contributed by atoms with E-state index in [9.17, 15) is 0 Å². The first-order chi connectivity index (χ1) is 8.61. The predicted molar refractivity (Wildman–Crippen MR) is 80.5 cm³/mol. The van der Waals surface area contributed by atoms with Gasteiger partial charge in [0.05, 0.1) is 7.11 Å². The number of methoxy groups -OCH3 is 1. The molecule has 2 aromatic rings. The lowest BCUT2D eigenvalue weighted by molar-refractivity contribution is 0.415. The van der Waals surface area contributed by atoms with Gasteiger partial charge in [-0.25, -0.2) is 0 Å². The number of thiophene rings is 1. The van der Waals surface area contributed by atoms with E-state index < -0.39 is 0 Å². The zero-order valence-electron chi connectivity index (χ0n) is 11.3. The van der Waals surface area contributed by atoms with E-state index in [0.29, 0.717) is 0 Å². The third-order valence-electron chi connectivity index (χ3n) is 3.27. The first-order valence-corrected chi connectivity index (χ1v) is 6.82. The molecule has 94 valence electrons. The van der Waals surface area contributed by atoms with E-state index in [1.165, 1.54) is 26.4 Å². The van der Waals surface area contributed by atoms with Gasteiger partial charge in [-0.15, -0.1) is 11.3 Å². The molecule has 0 spiro atoms. The number of benzene rings is 1. The fourth-order valence-electron chi connectivity index (χ4n) is 1.81. The summed E-state index contributed by atoms with van der Waals surface area (Å²) in [6.07, 6.45) is 4.35. The van der Waals surface area contributed by atoms with E-state index in [4.69, 9.17) is 4.74 Å². The molecule has 0 saturated carbocycles. The quantitative estimate of drug-likeness (QED) is 0.764. The Morgan fingerprint density at radius 3 is 2.11 bits per heavy atom. The molecule has 0 N–H and O–H groups in total. The first-order valence-electron chi connectivity index (χ1n) is 6.00. The van der Waals surface area contributed by atoms with Crippen LogP contribution in [0.5, 0.6) is 5.75 Å². The monoisotopic (exact) mass is 258 g/mol. The van der Waals surface area contributed by atoms with Crippen LogP contribution in [0.1, 0.15) is 26.4 Å². The molecule has 1 aromatic carbocycles. The normalized spacial score (nSPS) is 11.1. The third-order valence-corrected chi connectivity index (χ3v) is 4.54. The molecule has 1 aromatic heterocycles. The molecule has 0 amide bonds. The van der Waals surface area contributed by atoms with Gasteiger partial charge in [0.25, 0.3) is 0 Å². The zero-order chi connectivity index (χ0) is 13.1. The topological polar surface area (TPSA) is 9.23 Å². The maximum atomic E-state index is 5.15. The van der Waals surface area contributed by atoms with Crippen LogP contribution in [0, 0.1) is 20.8 Å². The Kier molecular flexibility index (Phi) is 3.87. The van der Waals surface area contributed by atoms with Crippen molar-refractivity contribution in [2.45, 2.75) is 20.8 Å². The fourth-order valence-corrected chi connectivity index (χ4v) is 2.89. The van der Waals surface area contributed by atoms with E-state index in [0.717, 1.165) is 5.75 Å². The predicted octanol–water partition coefficient (Wildman–Crippen LogP) is 4.85. The highest BCUT2D eigenvalue weighted by atomic mass is 32.1. The highest BCUT2D eigenvalue weighted by Gasteiger charge is 2.05. The standard InChI is InChI=1S/C16H18OS/c1-11-12(2)16(18-13(11)3)10-7-14-5-8-15(17-4)9-6-14/h5-10H,1-4H3.